The van der Waals surface area contributed by atoms with E-state index in [-0.39, 0.29) is 5.82 Å². The quantitative estimate of drug-likeness (QED) is 0.675. The lowest BCUT2D eigenvalue weighted by Gasteiger charge is -2.40. The van der Waals surface area contributed by atoms with Gasteiger partial charge in [-0.2, -0.15) is 0 Å². The highest BCUT2D eigenvalue weighted by Crippen LogP contribution is 2.51. The van der Waals surface area contributed by atoms with Crippen LogP contribution in [0.2, 0.25) is 0 Å². The maximum Gasteiger partial charge on any atom is 0.137 e. The van der Waals surface area contributed by atoms with Gasteiger partial charge in [-0.15, -0.1) is 0 Å². The van der Waals surface area contributed by atoms with Gasteiger partial charge in [0.2, 0.25) is 0 Å². The van der Waals surface area contributed by atoms with Gasteiger partial charge < -0.3 is 5.32 Å². The summed E-state index contributed by atoms with van der Waals surface area (Å²) < 4.78 is 14.1. The Balaban J connectivity index is 2.37. The molecule has 0 amide bonds. The van der Waals surface area contributed by atoms with Crippen LogP contribution in [0.1, 0.15) is 64.5 Å². The summed E-state index contributed by atoms with van der Waals surface area (Å²) in [7, 11) is 0. The van der Waals surface area contributed by atoms with Gasteiger partial charge in [-0.3, -0.25) is 0 Å². The molecule has 0 aromatic heterocycles. The van der Waals surface area contributed by atoms with Crippen molar-refractivity contribution in [1.82, 2.24) is 5.32 Å². The summed E-state index contributed by atoms with van der Waals surface area (Å²) in [5.41, 5.74) is 1.54. The second kappa shape index (κ2) is 7.23. The minimum absolute atomic E-state index is 0.182. The molecule has 1 aliphatic carbocycles. The van der Waals surface area contributed by atoms with Crippen molar-refractivity contribution in [3.63, 3.8) is 0 Å². The summed E-state index contributed by atoms with van der Waals surface area (Å²) >= 11 is 3.34. The minimum atomic E-state index is -0.182. The normalized spacial score (nSPS) is 19.1. The van der Waals surface area contributed by atoms with E-state index in [1.165, 1.54) is 37.7 Å². The van der Waals surface area contributed by atoms with Gasteiger partial charge in [0.25, 0.3) is 0 Å². The third kappa shape index (κ3) is 3.87. The summed E-state index contributed by atoms with van der Waals surface area (Å²) in [5, 5.41) is 3.69. The van der Waals surface area contributed by atoms with Crippen molar-refractivity contribution >= 4 is 15.9 Å². The van der Waals surface area contributed by atoms with Gasteiger partial charge in [-0.25, -0.2) is 4.39 Å². The summed E-state index contributed by atoms with van der Waals surface area (Å²) in [6, 6.07) is 5.82. The maximum absolute atomic E-state index is 13.6. The van der Waals surface area contributed by atoms with E-state index in [1.54, 1.807) is 6.07 Å². The molecule has 0 heterocycles. The van der Waals surface area contributed by atoms with Gasteiger partial charge >= 0.3 is 0 Å². The van der Waals surface area contributed by atoms with Crippen molar-refractivity contribution in [1.29, 1.82) is 0 Å². The molecule has 1 saturated carbocycles. The zero-order chi connectivity index (χ0) is 15.5. The Labute approximate surface area is 136 Å². The van der Waals surface area contributed by atoms with Crippen LogP contribution in [0, 0.1) is 17.2 Å². The second-order valence-electron chi connectivity index (χ2n) is 6.83. The lowest BCUT2D eigenvalue weighted by Crippen LogP contribution is -2.37. The number of rotatable bonds is 6. The van der Waals surface area contributed by atoms with Crippen LogP contribution in [0.4, 0.5) is 4.39 Å². The van der Waals surface area contributed by atoms with E-state index < -0.39 is 0 Å². The lowest BCUT2D eigenvalue weighted by atomic mass is 9.70. The molecule has 21 heavy (non-hydrogen) atoms. The molecule has 1 N–H and O–H groups in total. The van der Waals surface area contributed by atoms with Crippen LogP contribution in [0.5, 0.6) is 0 Å². The van der Waals surface area contributed by atoms with Crippen molar-refractivity contribution in [2.24, 2.45) is 11.3 Å². The van der Waals surface area contributed by atoms with E-state index in [4.69, 9.17) is 0 Å². The molecule has 1 aromatic carbocycles. The average molecular weight is 356 g/mol. The highest BCUT2D eigenvalue weighted by Gasteiger charge is 2.42. The van der Waals surface area contributed by atoms with Crippen molar-refractivity contribution < 1.29 is 4.39 Å². The van der Waals surface area contributed by atoms with E-state index in [2.05, 4.69) is 42.0 Å². The minimum Gasteiger partial charge on any atom is -0.310 e. The van der Waals surface area contributed by atoms with Gasteiger partial charge in [-0.1, -0.05) is 39.7 Å². The zero-order valence-corrected chi connectivity index (χ0v) is 15.0. The first-order chi connectivity index (χ1) is 9.98. The Morgan fingerprint density at radius 2 is 1.95 bits per heavy atom. The molecule has 1 aliphatic rings. The predicted molar refractivity (Wildman–Crippen MR) is 90.9 cm³/mol. The number of hydrogen-bond donors (Lipinski definition) is 1. The zero-order valence-electron chi connectivity index (χ0n) is 13.4. The van der Waals surface area contributed by atoms with Crippen molar-refractivity contribution in [3.8, 4) is 0 Å². The average Bonchev–Trinajstić information content (AvgIpc) is 2.88. The summed E-state index contributed by atoms with van der Waals surface area (Å²) in [5.74, 6) is 0.506. The molecule has 0 bridgehead atoms. The summed E-state index contributed by atoms with van der Waals surface area (Å²) in [4.78, 5) is 0. The van der Waals surface area contributed by atoms with Gasteiger partial charge in [0.1, 0.15) is 5.82 Å². The maximum atomic E-state index is 13.6. The van der Waals surface area contributed by atoms with Gasteiger partial charge in [0.05, 0.1) is 4.47 Å². The molecule has 1 unspecified atom stereocenters. The SMILES string of the molecule is CCNC(c1ccc(F)c(Br)c1)C1(CC(C)C)CCCC1. The van der Waals surface area contributed by atoms with E-state index in [0.717, 1.165) is 6.54 Å². The van der Waals surface area contributed by atoms with Crippen LogP contribution in [-0.4, -0.2) is 6.54 Å². The molecule has 1 atom stereocenters. The standard InChI is InChI=1S/C18H27BrFN/c1-4-21-17(14-7-8-16(20)15(19)11-14)18(12-13(2)3)9-5-6-10-18/h7-8,11,13,17,21H,4-6,9-10,12H2,1-3H3. The van der Waals surface area contributed by atoms with E-state index in [1.807, 2.05) is 12.1 Å². The molecular formula is C18H27BrFN. The van der Waals surface area contributed by atoms with Gasteiger partial charge in [0, 0.05) is 6.04 Å². The highest BCUT2D eigenvalue weighted by molar-refractivity contribution is 9.10. The van der Waals surface area contributed by atoms with Gasteiger partial charge in [0.15, 0.2) is 0 Å². The monoisotopic (exact) mass is 355 g/mol. The van der Waals surface area contributed by atoms with Crippen molar-refractivity contribution in [2.45, 2.75) is 58.9 Å². The van der Waals surface area contributed by atoms with Crippen LogP contribution in [0.15, 0.2) is 22.7 Å². The van der Waals surface area contributed by atoms with Crippen LogP contribution >= 0.6 is 15.9 Å². The molecule has 0 aliphatic heterocycles. The van der Waals surface area contributed by atoms with Crippen LogP contribution in [0.25, 0.3) is 0 Å². The Bertz CT molecular complexity index is 466. The Hall–Kier alpha value is -0.410. The third-order valence-electron chi connectivity index (χ3n) is 4.71. The smallest absolute Gasteiger partial charge is 0.137 e. The Morgan fingerprint density at radius 1 is 1.29 bits per heavy atom. The number of hydrogen-bond acceptors (Lipinski definition) is 1. The number of nitrogens with one attached hydrogen (secondary N) is 1. The predicted octanol–water partition coefficient (Wildman–Crippen LogP) is 5.85. The Morgan fingerprint density at radius 3 is 2.48 bits per heavy atom. The largest absolute Gasteiger partial charge is 0.310 e. The molecule has 1 nitrogen and oxygen atoms in total. The first-order valence-corrected chi connectivity index (χ1v) is 8.96. The molecule has 0 spiro atoms. The molecule has 0 radical (unpaired) electrons. The number of benzene rings is 1. The third-order valence-corrected chi connectivity index (χ3v) is 5.32. The first-order valence-electron chi connectivity index (χ1n) is 8.17. The van der Waals surface area contributed by atoms with Crippen LogP contribution < -0.4 is 5.32 Å². The summed E-state index contributed by atoms with van der Waals surface area (Å²) in [6.45, 7) is 7.72. The van der Waals surface area contributed by atoms with Crippen LogP contribution in [0.3, 0.4) is 0 Å². The molecule has 118 valence electrons. The first kappa shape index (κ1) is 17.0. The molecule has 0 saturated heterocycles. The fourth-order valence-electron chi connectivity index (χ4n) is 4.09. The van der Waals surface area contributed by atoms with E-state index in [0.29, 0.717) is 21.8 Å². The second-order valence-corrected chi connectivity index (χ2v) is 7.69. The topological polar surface area (TPSA) is 12.0 Å². The lowest BCUT2D eigenvalue weighted by molar-refractivity contribution is 0.157. The molecule has 1 aromatic rings. The highest BCUT2D eigenvalue weighted by atomic mass is 79.9. The molecule has 3 heteroatoms. The molecule has 2 rings (SSSR count). The molecular weight excluding hydrogens is 329 g/mol. The van der Waals surface area contributed by atoms with E-state index >= 15 is 0 Å². The fraction of sp³-hybridized carbons (Fsp3) is 0.667. The van der Waals surface area contributed by atoms with E-state index in [9.17, 15) is 4.39 Å². The van der Waals surface area contributed by atoms with Crippen LogP contribution in [-0.2, 0) is 0 Å². The number of halogens is 2. The molecule has 1 fully saturated rings. The Kier molecular flexibility index (Phi) is 5.84. The fourth-order valence-corrected chi connectivity index (χ4v) is 4.48. The van der Waals surface area contributed by atoms with Crippen molar-refractivity contribution in [3.05, 3.63) is 34.1 Å². The van der Waals surface area contributed by atoms with Gasteiger partial charge in [-0.05, 0) is 70.8 Å². The van der Waals surface area contributed by atoms with Crippen molar-refractivity contribution in [2.75, 3.05) is 6.54 Å². The summed E-state index contributed by atoms with van der Waals surface area (Å²) in [6.07, 6.45) is 6.42.